The molecule has 2 unspecified atom stereocenters. The number of carbonyl (C=O) groups excluding carboxylic acids is 1. The molecular formula is C28H25ClF3NO7. The molecule has 4 rings (SSSR count). The van der Waals surface area contributed by atoms with Gasteiger partial charge in [0.1, 0.15) is 29.5 Å². The highest BCUT2D eigenvalue weighted by atomic mass is 35.5. The lowest BCUT2D eigenvalue weighted by molar-refractivity contribution is -0.147. The van der Waals surface area contributed by atoms with Crippen LogP contribution in [0.4, 0.5) is 18.9 Å². The van der Waals surface area contributed by atoms with Gasteiger partial charge in [-0.3, -0.25) is 9.59 Å². The van der Waals surface area contributed by atoms with Crippen LogP contribution in [0.2, 0.25) is 5.02 Å². The molecule has 3 aromatic rings. The molecule has 0 aromatic heterocycles. The van der Waals surface area contributed by atoms with Gasteiger partial charge >= 0.3 is 12.1 Å². The van der Waals surface area contributed by atoms with Crippen molar-refractivity contribution in [2.75, 3.05) is 26.2 Å². The van der Waals surface area contributed by atoms with Crippen LogP contribution >= 0.6 is 11.6 Å². The third-order valence-electron chi connectivity index (χ3n) is 6.42. The Labute approximate surface area is 232 Å². The first kappa shape index (κ1) is 29.0. The smallest absolute Gasteiger partial charge is 0.419 e. The van der Waals surface area contributed by atoms with Gasteiger partial charge in [0.15, 0.2) is 0 Å². The molecule has 0 saturated carbocycles. The minimum Gasteiger partial charge on any atom is -0.497 e. The summed E-state index contributed by atoms with van der Waals surface area (Å²) in [7, 11) is 4.02. The number of ether oxygens (including phenoxy) is 4. The van der Waals surface area contributed by atoms with Gasteiger partial charge in [-0.15, -0.1) is 0 Å². The number of hydrogen-bond acceptors (Lipinski definition) is 6. The molecule has 1 N–H and O–H groups in total. The quantitative estimate of drug-likeness (QED) is 0.356. The lowest BCUT2D eigenvalue weighted by Crippen LogP contribution is -2.40. The van der Waals surface area contributed by atoms with Gasteiger partial charge in [0.05, 0.1) is 45.5 Å². The molecule has 3 aromatic carbocycles. The average Bonchev–Trinajstić information content (AvgIpc) is 3.02. The van der Waals surface area contributed by atoms with E-state index in [-0.39, 0.29) is 28.4 Å². The number of carboxylic acid groups (broad SMARTS) is 1. The number of carboxylic acids is 1. The third-order valence-corrected chi connectivity index (χ3v) is 6.66. The lowest BCUT2D eigenvalue weighted by atomic mass is 9.96. The van der Waals surface area contributed by atoms with E-state index in [1.54, 1.807) is 18.2 Å². The first-order valence-corrected chi connectivity index (χ1v) is 12.3. The first-order valence-electron chi connectivity index (χ1n) is 11.9. The molecule has 8 nitrogen and oxygen atoms in total. The largest absolute Gasteiger partial charge is 0.497 e. The van der Waals surface area contributed by atoms with Crippen LogP contribution in [0.5, 0.6) is 17.2 Å². The number of fused-ring (bicyclic) bond motifs is 1. The third kappa shape index (κ3) is 5.80. The zero-order valence-electron chi connectivity index (χ0n) is 21.6. The van der Waals surface area contributed by atoms with Gasteiger partial charge in [-0.25, -0.2) is 0 Å². The number of anilines is 1. The molecule has 0 saturated heterocycles. The van der Waals surface area contributed by atoms with Crippen LogP contribution in [0.15, 0.2) is 54.6 Å². The number of hydrogen-bond donors (Lipinski definition) is 1. The number of para-hydroxylation sites is 1. The van der Waals surface area contributed by atoms with Gasteiger partial charge in [-0.05, 0) is 36.4 Å². The van der Waals surface area contributed by atoms with Crippen LogP contribution < -0.4 is 19.1 Å². The van der Waals surface area contributed by atoms with E-state index in [1.165, 1.54) is 49.5 Å². The predicted octanol–water partition coefficient (Wildman–Crippen LogP) is 5.88. The summed E-state index contributed by atoms with van der Waals surface area (Å²) in [6, 6.07) is 12.9. The van der Waals surface area contributed by atoms with E-state index in [1.807, 2.05) is 0 Å². The van der Waals surface area contributed by atoms with E-state index >= 15 is 0 Å². The van der Waals surface area contributed by atoms with Crippen molar-refractivity contribution in [3.8, 4) is 17.2 Å². The highest BCUT2D eigenvalue weighted by Gasteiger charge is 2.41. The summed E-state index contributed by atoms with van der Waals surface area (Å²) in [5, 5.41) is 9.81. The molecular weight excluding hydrogens is 555 g/mol. The highest BCUT2D eigenvalue weighted by Crippen LogP contribution is 2.47. The number of carbonyl (C=O) groups is 2. The number of rotatable bonds is 8. The van der Waals surface area contributed by atoms with Crippen molar-refractivity contribution < 1.29 is 46.8 Å². The van der Waals surface area contributed by atoms with E-state index in [4.69, 9.17) is 30.5 Å². The normalized spacial score (nSPS) is 17.2. The van der Waals surface area contributed by atoms with Gasteiger partial charge in [-0.1, -0.05) is 23.7 Å². The zero-order chi connectivity index (χ0) is 29.2. The lowest BCUT2D eigenvalue weighted by Gasteiger charge is -2.26. The fraction of sp³-hybridized carbons (Fsp3) is 0.286. The molecule has 0 bridgehead atoms. The molecule has 0 fully saturated rings. The molecule has 0 aliphatic carbocycles. The van der Waals surface area contributed by atoms with E-state index in [0.29, 0.717) is 17.1 Å². The van der Waals surface area contributed by atoms with E-state index in [2.05, 4.69) is 0 Å². The van der Waals surface area contributed by atoms with Crippen LogP contribution in [0, 0.1) is 0 Å². The maximum absolute atomic E-state index is 13.9. The van der Waals surface area contributed by atoms with Crippen LogP contribution in [0.3, 0.4) is 0 Å². The average molecular weight is 580 g/mol. The number of aliphatic carboxylic acids is 1. The summed E-state index contributed by atoms with van der Waals surface area (Å²) in [4.78, 5) is 26.9. The Balaban J connectivity index is 1.94. The van der Waals surface area contributed by atoms with Gasteiger partial charge < -0.3 is 29.0 Å². The Morgan fingerprint density at radius 1 is 1.02 bits per heavy atom. The minimum absolute atomic E-state index is 0.0482. The number of methoxy groups -OCH3 is 3. The SMILES string of the molecule is COc1ccc(CN2C(=O)C(CC(=O)O)OC(c3cccc(C(F)(F)F)c3OC)c3cc(Cl)ccc32)c(OC)c1. The summed E-state index contributed by atoms with van der Waals surface area (Å²) < 4.78 is 63.5. The van der Waals surface area contributed by atoms with E-state index in [9.17, 15) is 27.9 Å². The number of halogens is 4. The van der Waals surface area contributed by atoms with Gasteiger partial charge in [-0.2, -0.15) is 13.2 Å². The summed E-state index contributed by atoms with van der Waals surface area (Å²) >= 11 is 6.31. The summed E-state index contributed by atoms with van der Waals surface area (Å²) in [5.74, 6) is -1.65. The first-order chi connectivity index (χ1) is 19.0. The monoisotopic (exact) mass is 579 g/mol. The molecule has 12 heteroatoms. The molecule has 40 heavy (non-hydrogen) atoms. The number of benzene rings is 3. The Morgan fingerprint density at radius 2 is 1.77 bits per heavy atom. The predicted molar refractivity (Wildman–Crippen MR) is 139 cm³/mol. The van der Waals surface area contributed by atoms with Gasteiger partial charge in [0.25, 0.3) is 5.91 Å². The maximum Gasteiger partial charge on any atom is 0.419 e. The van der Waals surface area contributed by atoms with Crippen molar-refractivity contribution in [1.29, 1.82) is 0 Å². The van der Waals surface area contributed by atoms with Gasteiger partial charge in [0.2, 0.25) is 0 Å². The Hall–Kier alpha value is -3.96. The van der Waals surface area contributed by atoms with Crippen LogP contribution in [-0.2, 0) is 27.0 Å². The van der Waals surface area contributed by atoms with Crippen molar-refractivity contribution in [1.82, 2.24) is 0 Å². The van der Waals surface area contributed by atoms with Crippen molar-refractivity contribution in [3.05, 3.63) is 81.9 Å². The van der Waals surface area contributed by atoms with Crippen molar-refractivity contribution in [2.24, 2.45) is 0 Å². The van der Waals surface area contributed by atoms with Crippen molar-refractivity contribution in [3.63, 3.8) is 0 Å². The molecule has 0 spiro atoms. The Kier molecular flexibility index (Phi) is 8.45. The number of nitrogens with zero attached hydrogens (tertiary/aromatic N) is 1. The van der Waals surface area contributed by atoms with Crippen LogP contribution in [0.1, 0.15) is 34.8 Å². The van der Waals surface area contributed by atoms with Crippen molar-refractivity contribution in [2.45, 2.75) is 31.3 Å². The second kappa shape index (κ2) is 11.6. The summed E-state index contributed by atoms with van der Waals surface area (Å²) in [5.41, 5.74) is -0.0250. The fourth-order valence-electron chi connectivity index (χ4n) is 4.63. The van der Waals surface area contributed by atoms with Crippen molar-refractivity contribution >= 4 is 29.2 Å². The number of alkyl halides is 3. The second-order valence-corrected chi connectivity index (χ2v) is 9.27. The molecule has 1 heterocycles. The maximum atomic E-state index is 13.9. The topological polar surface area (TPSA) is 94.5 Å². The molecule has 1 amide bonds. The molecule has 0 radical (unpaired) electrons. The minimum atomic E-state index is -4.75. The zero-order valence-corrected chi connectivity index (χ0v) is 22.4. The second-order valence-electron chi connectivity index (χ2n) is 8.83. The standard InChI is InChI=1S/C28H25ClF3NO7/c1-37-17-9-7-15(22(12-17)38-2)14-33-21-10-8-16(29)11-19(21)25(40-23(27(33)36)13-24(34)35)18-5-4-6-20(26(18)39-3)28(30,31)32/h4-12,23,25H,13-14H2,1-3H3,(H,34,35). The fourth-order valence-corrected chi connectivity index (χ4v) is 4.81. The van der Waals surface area contributed by atoms with E-state index < -0.39 is 48.0 Å². The number of amides is 1. The molecule has 2 atom stereocenters. The summed E-state index contributed by atoms with van der Waals surface area (Å²) in [6.07, 6.45) is -8.38. The summed E-state index contributed by atoms with van der Waals surface area (Å²) in [6.45, 7) is -0.0768. The van der Waals surface area contributed by atoms with Crippen LogP contribution in [-0.4, -0.2) is 44.4 Å². The molecule has 1 aliphatic rings. The molecule has 1 aliphatic heterocycles. The van der Waals surface area contributed by atoms with E-state index in [0.717, 1.165) is 13.2 Å². The van der Waals surface area contributed by atoms with Crippen LogP contribution in [0.25, 0.3) is 0 Å². The van der Waals surface area contributed by atoms with Gasteiger partial charge in [0, 0.05) is 27.8 Å². The molecule has 212 valence electrons. The Morgan fingerprint density at radius 3 is 2.40 bits per heavy atom. The Bertz CT molecular complexity index is 1430. The highest BCUT2D eigenvalue weighted by molar-refractivity contribution is 6.30.